The van der Waals surface area contributed by atoms with Crippen LogP contribution >= 0.6 is 0 Å². The maximum Gasteiger partial charge on any atom is 0.338 e. The minimum Gasteiger partial charge on any atom is -0.350 e. The van der Waals surface area contributed by atoms with Gasteiger partial charge in [-0.2, -0.15) is 0 Å². The monoisotopic (exact) mass is 249 g/mol. The summed E-state index contributed by atoms with van der Waals surface area (Å²) in [4.78, 5) is 16.2. The van der Waals surface area contributed by atoms with E-state index in [9.17, 15) is 10.0 Å². The molecular weight excluding hydrogens is 234 g/mol. The van der Waals surface area contributed by atoms with Crippen LogP contribution < -0.4 is 11.2 Å². The summed E-state index contributed by atoms with van der Waals surface area (Å²) in [6.07, 6.45) is 1.34. The number of primary amides is 1. The predicted octanol–water partition coefficient (Wildman–Crippen LogP) is 1.09. The second-order valence-electron chi connectivity index (χ2n) is 4.05. The summed E-state index contributed by atoms with van der Waals surface area (Å²) in [7, 11) is 0. The summed E-state index contributed by atoms with van der Waals surface area (Å²) in [6, 6.07) is 8.12. The predicted molar refractivity (Wildman–Crippen MR) is 65.1 cm³/mol. The number of nitrogens with one attached hydrogen (secondary N) is 1. The minimum atomic E-state index is -0.910. The van der Waals surface area contributed by atoms with Gasteiger partial charge in [-0.25, -0.2) is 9.86 Å². The second-order valence-corrected chi connectivity index (χ2v) is 4.05. The van der Waals surface area contributed by atoms with Crippen LogP contribution in [0.4, 0.5) is 4.79 Å². The molecule has 0 spiro atoms. The van der Waals surface area contributed by atoms with E-state index in [-0.39, 0.29) is 0 Å². The lowest BCUT2D eigenvalue weighted by atomic mass is 10.1. The number of hydroxylamine groups is 3. The normalized spacial score (nSPS) is 19.9. The quantitative estimate of drug-likeness (QED) is 0.552. The van der Waals surface area contributed by atoms with Crippen LogP contribution in [0.15, 0.2) is 36.4 Å². The van der Waals surface area contributed by atoms with Crippen LogP contribution in [0.2, 0.25) is 0 Å². The summed E-state index contributed by atoms with van der Waals surface area (Å²) in [5.41, 5.74) is 9.52. The fraction of sp³-hybridized carbons (Fsp3) is 0.250. The number of benzene rings is 1. The van der Waals surface area contributed by atoms with Crippen LogP contribution in [-0.2, 0) is 4.84 Å². The smallest absolute Gasteiger partial charge is 0.338 e. The first-order valence-electron chi connectivity index (χ1n) is 5.56. The van der Waals surface area contributed by atoms with E-state index in [4.69, 9.17) is 10.6 Å². The van der Waals surface area contributed by atoms with Gasteiger partial charge in [0.25, 0.3) is 0 Å². The molecule has 0 radical (unpaired) electrons. The molecule has 2 unspecified atom stereocenters. The maximum atomic E-state index is 10.9. The van der Waals surface area contributed by atoms with Gasteiger partial charge in [-0.3, -0.25) is 15.5 Å². The number of nitrogens with two attached hydrogens (primary N) is 1. The van der Waals surface area contributed by atoms with Crippen LogP contribution in [0.3, 0.4) is 0 Å². The third-order valence-corrected chi connectivity index (χ3v) is 2.81. The van der Waals surface area contributed by atoms with Gasteiger partial charge in [0.05, 0.1) is 11.7 Å². The molecular formula is C12H15N3O3. The first-order chi connectivity index (χ1) is 8.59. The molecule has 0 fully saturated rings. The molecule has 2 rings (SSSR count). The highest BCUT2D eigenvalue weighted by Crippen LogP contribution is 2.21. The zero-order valence-electron chi connectivity index (χ0n) is 9.91. The number of urea groups is 1. The van der Waals surface area contributed by atoms with Crippen molar-refractivity contribution in [2.75, 3.05) is 0 Å². The van der Waals surface area contributed by atoms with Gasteiger partial charge in [-0.05, 0) is 18.6 Å². The van der Waals surface area contributed by atoms with Crippen molar-refractivity contribution in [2.24, 2.45) is 5.73 Å². The Morgan fingerprint density at radius 1 is 1.50 bits per heavy atom. The SMILES string of the molecule is CC(C1C=C(c2ccccc2)NO1)N(O)C(N)=O. The largest absolute Gasteiger partial charge is 0.350 e. The molecule has 1 aromatic carbocycles. The molecule has 0 aliphatic carbocycles. The molecule has 0 saturated carbocycles. The Hall–Kier alpha value is -2.05. The molecule has 0 saturated heterocycles. The molecule has 18 heavy (non-hydrogen) atoms. The minimum absolute atomic E-state index is 0.455. The van der Waals surface area contributed by atoms with Crippen LogP contribution in [0.25, 0.3) is 5.70 Å². The van der Waals surface area contributed by atoms with Crippen LogP contribution in [-0.4, -0.2) is 28.4 Å². The highest BCUT2D eigenvalue weighted by atomic mass is 16.7. The zero-order valence-corrected chi connectivity index (χ0v) is 9.91. The van der Waals surface area contributed by atoms with E-state index in [0.717, 1.165) is 11.3 Å². The number of hydrogen-bond acceptors (Lipinski definition) is 4. The molecule has 6 heteroatoms. The summed E-state index contributed by atoms with van der Waals surface area (Å²) in [6.45, 7) is 1.64. The standard InChI is InChI=1S/C12H15N3O3/c1-8(15(17)12(13)16)11-7-10(14-18-11)9-5-3-2-4-6-9/h2-8,11,14,17H,1H3,(H2,13,16). The van der Waals surface area contributed by atoms with Gasteiger partial charge in [0.15, 0.2) is 0 Å². The average Bonchev–Trinajstić information content (AvgIpc) is 2.87. The zero-order chi connectivity index (χ0) is 13.1. The second kappa shape index (κ2) is 5.07. The first-order valence-corrected chi connectivity index (χ1v) is 5.56. The highest BCUT2D eigenvalue weighted by molar-refractivity contribution is 5.71. The molecule has 1 aromatic rings. The van der Waals surface area contributed by atoms with Crippen molar-refractivity contribution >= 4 is 11.7 Å². The number of amides is 2. The Labute approximate surface area is 105 Å². The lowest BCUT2D eigenvalue weighted by Gasteiger charge is -2.23. The molecule has 4 N–H and O–H groups in total. The van der Waals surface area contributed by atoms with Crippen molar-refractivity contribution < 1.29 is 14.8 Å². The average molecular weight is 249 g/mol. The lowest BCUT2D eigenvalue weighted by Crippen LogP contribution is -2.45. The van der Waals surface area contributed by atoms with E-state index < -0.39 is 18.2 Å². The van der Waals surface area contributed by atoms with Gasteiger partial charge < -0.3 is 5.73 Å². The number of nitrogens with zero attached hydrogens (tertiary/aromatic N) is 1. The third kappa shape index (κ3) is 2.44. The van der Waals surface area contributed by atoms with Gasteiger partial charge in [-0.15, -0.1) is 0 Å². The molecule has 1 heterocycles. The Balaban J connectivity index is 2.11. The number of carbonyl (C=O) groups is 1. The molecule has 2 atom stereocenters. The Kier molecular flexibility index (Phi) is 3.50. The van der Waals surface area contributed by atoms with Crippen molar-refractivity contribution in [3.63, 3.8) is 0 Å². The molecule has 1 aliphatic heterocycles. The maximum absolute atomic E-state index is 10.9. The van der Waals surface area contributed by atoms with E-state index >= 15 is 0 Å². The van der Waals surface area contributed by atoms with Crippen molar-refractivity contribution in [2.45, 2.75) is 19.1 Å². The summed E-state index contributed by atoms with van der Waals surface area (Å²) in [5, 5.41) is 9.89. The van der Waals surface area contributed by atoms with Gasteiger partial charge in [-0.1, -0.05) is 30.3 Å². The van der Waals surface area contributed by atoms with Crippen LogP contribution in [0.1, 0.15) is 12.5 Å². The van der Waals surface area contributed by atoms with Gasteiger partial charge in [0.1, 0.15) is 6.10 Å². The van der Waals surface area contributed by atoms with Gasteiger partial charge >= 0.3 is 6.03 Å². The van der Waals surface area contributed by atoms with E-state index in [1.165, 1.54) is 0 Å². The van der Waals surface area contributed by atoms with E-state index in [0.29, 0.717) is 5.06 Å². The fourth-order valence-corrected chi connectivity index (χ4v) is 1.71. The topological polar surface area (TPSA) is 87.8 Å². The van der Waals surface area contributed by atoms with Crippen molar-refractivity contribution in [3.05, 3.63) is 42.0 Å². The molecule has 1 aliphatic rings. The first kappa shape index (κ1) is 12.4. The van der Waals surface area contributed by atoms with Crippen molar-refractivity contribution in [1.29, 1.82) is 0 Å². The summed E-state index contributed by atoms with van der Waals surface area (Å²) in [5.74, 6) is 0. The summed E-state index contributed by atoms with van der Waals surface area (Å²) >= 11 is 0. The van der Waals surface area contributed by atoms with Crippen molar-refractivity contribution in [3.8, 4) is 0 Å². The summed E-state index contributed by atoms with van der Waals surface area (Å²) < 4.78 is 0. The fourth-order valence-electron chi connectivity index (χ4n) is 1.71. The van der Waals surface area contributed by atoms with Crippen LogP contribution in [0.5, 0.6) is 0 Å². The molecule has 0 bridgehead atoms. The number of carbonyl (C=O) groups excluding carboxylic acids is 1. The van der Waals surface area contributed by atoms with E-state index in [1.807, 2.05) is 30.3 Å². The highest BCUT2D eigenvalue weighted by Gasteiger charge is 2.29. The Morgan fingerprint density at radius 2 is 2.17 bits per heavy atom. The molecule has 96 valence electrons. The van der Waals surface area contributed by atoms with E-state index in [2.05, 4.69) is 5.48 Å². The molecule has 2 amide bonds. The third-order valence-electron chi connectivity index (χ3n) is 2.81. The Morgan fingerprint density at radius 3 is 2.78 bits per heavy atom. The number of rotatable bonds is 3. The van der Waals surface area contributed by atoms with Crippen LogP contribution in [0, 0.1) is 0 Å². The molecule has 0 aromatic heterocycles. The van der Waals surface area contributed by atoms with E-state index in [1.54, 1.807) is 13.0 Å². The molecule has 6 nitrogen and oxygen atoms in total. The van der Waals surface area contributed by atoms with Gasteiger partial charge in [0, 0.05) is 0 Å². The van der Waals surface area contributed by atoms with Gasteiger partial charge in [0.2, 0.25) is 0 Å². The van der Waals surface area contributed by atoms with Crippen molar-refractivity contribution in [1.82, 2.24) is 10.5 Å². The number of hydrogen-bond donors (Lipinski definition) is 3. The Bertz CT molecular complexity index is 461. The lowest BCUT2D eigenvalue weighted by molar-refractivity contribution is -0.111.